The maximum atomic E-state index is 11.8. The number of carbonyl (C=O) groups excluding carboxylic acids is 1. The Bertz CT molecular complexity index is 606. The van der Waals surface area contributed by atoms with E-state index in [1.54, 1.807) is 25.2 Å². The summed E-state index contributed by atoms with van der Waals surface area (Å²) in [6.45, 7) is 2.70. The number of rotatable bonds is 4. The quantitative estimate of drug-likeness (QED) is 0.747. The van der Waals surface area contributed by atoms with Crippen LogP contribution in [0.1, 0.15) is 21.5 Å². The number of nitrogens with one attached hydrogen (secondary N) is 2. The van der Waals surface area contributed by atoms with E-state index in [4.69, 9.17) is 5.73 Å². The van der Waals surface area contributed by atoms with Crippen molar-refractivity contribution in [3.63, 3.8) is 0 Å². The Balaban J connectivity index is 2.17. The Morgan fingerprint density at radius 2 is 1.85 bits per heavy atom. The van der Waals surface area contributed by atoms with Gasteiger partial charge in [0.25, 0.3) is 5.91 Å². The van der Waals surface area contributed by atoms with E-state index in [1.165, 1.54) is 5.56 Å². The second-order valence-electron chi connectivity index (χ2n) is 4.72. The van der Waals surface area contributed by atoms with E-state index in [-0.39, 0.29) is 5.91 Å². The largest absolute Gasteiger partial charge is 0.399 e. The normalized spacial score (nSPS) is 10.1. The van der Waals surface area contributed by atoms with Crippen molar-refractivity contribution in [2.24, 2.45) is 0 Å². The average Bonchev–Trinajstić information content (AvgIpc) is 2.46. The molecule has 0 unspecified atom stereocenters. The lowest BCUT2D eigenvalue weighted by Crippen LogP contribution is -2.19. The molecule has 2 rings (SSSR count). The molecule has 2 aromatic rings. The molecule has 0 fully saturated rings. The summed E-state index contributed by atoms with van der Waals surface area (Å²) in [5.74, 6) is -0.128. The zero-order valence-corrected chi connectivity index (χ0v) is 11.7. The van der Waals surface area contributed by atoms with E-state index in [9.17, 15) is 4.79 Å². The van der Waals surface area contributed by atoms with E-state index >= 15 is 0 Å². The first-order chi connectivity index (χ1) is 9.60. The van der Waals surface area contributed by atoms with Crippen LogP contribution >= 0.6 is 0 Å². The monoisotopic (exact) mass is 269 g/mol. The van der Waals surface area contributed by atoms with Crippen LogP contribution in [0, 0.1) is 6.92 Å². The van der Waals surface area contributed by atoms with Gasteiger partial charge in [0.15, 0.2) is 0 Å². The molecule has 0 aliphatic rings. The molecule has 0 heterocycles. The Labute approximate surface area is 119 Å². The van der Waals surface area contributed by atoms with E-state index in [0.717, 1.165) is 11.3 Å². The summed E-state index contributed by atoms with van der Waals surface area (Å²) in [6, 6.07) is 13.5. The van der Waals surface area contributed by atoms with Gasteiger partial charge in [-0.2, -0.15) is 0 Å². The minimum Gasteiger partial charge on any atom is -0.399 e. The molecule has 0 saturated heterocycles. The van der Waals surface area contributed by atoms with Crippen LogP contribution in [0.3, 0.4) is 0 Å². The highest BCUT2D eigenvalue weighted by atomic mass is 16.1. The van der Waals surface area contributed by atoms with Gasteiger partial charge in [-0.25, -0.2) is 0 Å². The molecule has 2 aromatic carbocycles. The number of anilines is 2. The summed E-state index contributed by atoms with van der Waals surface area (Å²) in [5, 5.41) is 5.89. The van der Waals surface area contributed by atoms with Gasteiger partial charge >= 0.3 is 0 Å². The predicted molar refractivity (Wildman–Crippen MR) is 82.8 cm³/mol. The molecule has 4 heteroatoms. The predicted octanol–water partition coefficient (Wildman–Crippen LogP) is 2.55. The van der Waals surface area contributed by atoms with Crippen molar-refractivity contribution in [2.75, 3.05) is 18.1 Å². The Kier molecular flexibility index (Phi) is 4.25. The fraction of sp³-hybridized carbons (Fsp3) is 0.188. The molecule has 4 nitrogen and oxygen atoms in total. The molecule has 0 aliphatic carbocycles. The standard InChI is InChI=1S/C16H19N3O/c1-11-3-5-12(6-4-11)10-19-15-9-13(17)7-8-14(15)16(20)18-2/h3-9,19H,10,17H2,1-2H3,(H,18,20). The van der Waals surface area contributed by atoms with Gasteiger partial charge in [-0.05, 0) is 30.7 Å². The third-order valence-electron chi connectivity index (χ3n) is 3.12. The summed E-state index contributed by atoms with van der Waals surface area (Å²) < 4.78 is 0. The maximum absolute atomic E-state index is 11.8. The SMILES string of the molecule is CNC(=O)c1ccc(N)cc1NCc1ccc(C)cc1. The van der Waals surface area contributed by atoms with Crippen molar-refractivity contribution in [2.45, 2.75) is 13.5 Å². The first kappa shape index (κ1) is 13.9. The minimum atomic E-state index is -0.128. The van der Waals surface area contributed by atoms with Crippen LogP contribution in [0.5, 0.6) is 0 Å². The Hall–Kier alpha value is -2.49. The van der Waals surface area contributed by atoms with Gasteiger partial charge < -0.3 is 16.4 Å². The van der Waals surface area contributed by atoms with Gasteiger partial charge in [0.1, 0.15) is 0 Å². The summed E-state index contributed by atoms with van der Waals surface area (Å²) >= 11 is 0. The first-order valence-corrected chi connectivity index (χ1v) is 6.51. The summed E-state index contributed by atoms with van der Waals surface area (Å²) in [6.07, 6.45) is 0. The van der Waals surface area contributed by atoms with Crippen molar-refractivity contribution in [1.29, 1.82) is 0 Å². The van der Waals surface area contributed by atoms with Gasteiger partial charge in [0.05, 0.1) is 5.56 Å². The molecule has 20 heavy (non-hydrogen) atoms. The number of nitrogen functional groups attached to an aromatic ring is 1. The zero-order chi connectivity index (χ0) is 14.5. The van der Waals surface area contributed by atoms with E-state index < -0.39 is 0 Å². The molecule has 1 amide bonds. The lowest BCUT2D eigenvalue weighted by molar-refractivity contribution is 0.0964. The topological polar surface area (TPSA) is 67.2 Å². The highest BCUT2D eigenvalue weighted by molar-refractivity contribution is 6.00. The van der Waals surface area contributed by atoms with Crippen molar-refractivity contribution in [1.82, 2.24) is 5.32 Å². The Morgan fingerprint density at radius 1 is 1.15 bits per heavy atom. The maximum Gasteiger partial charge on any atom is 0.253 e. The van der Waals surface area contributed by atoms with Crippen molar-refractivity contribution in [3.8, 4) is 0 Å². The molecule has 0 saturated carbocycles. The molecule has 0 aliphatic heterocycles. The number of nitrogens with two attached hydrogens (primary N) is 1. The fourth-order valence-corrected chi connectivity index (χ4v) is 1.94. The third-order valence-corrected chi connectivity index (χ3v) is 3.12. The second kappa shape index (κ2) is 6.10. The number of hydrogen-bond acceptors (Lipinski definition) is 3. The van der Waals surface area contributed by atoms with Crippen LogP contribution in [-0.4, -0.2) is 13.0 Å². The molecular weight excluding hydrogens is 250 g/mol. The van der Waals surface area contributed by atoms with Gasteiger partial charge in [0.2, 0.25) is 0 Å². The number of aryl methyl sites for hydroxylation is 1. The highest BCUT2D eigenvalue weighted by Crippen LogP contribution is 2.20. The molecule has 0 bridgehead atoms. The van der Waals surface area contributed by atoms with Crippen LogP contribution in [0.25, 0.3) is 0 Å². The smallest absolute Gasteiger partial charge is 0.253 e. The average molecular weight is 269 g/mol. The van der Waals surface area contributed by atoms with Crippen LogP contribution < -0.4 is 16.4 Å². The molecular formula is C16H19N3O. The van der Waals surface area contributed by atoms with Crippen LogP contribution in [0.4, 0.5) is 11.4 Å². The summed E-state index contributed by atoms with van der Waals surface area (Å²) in [7, 11) is 1.61. The van der Waals surface area contributed by atoms with E-state index in [1.807, 2.05) is 0 Å². The van der Waals surface area contributed by atoms with Crippen molar-refractivity contribution < 1.29 is 4.79 Å². The molecule has 0 radical (unpaired) electrons. The third kappa shape index (κ3) is 3.29. The number of amides is 1. The van der Waals surface area contributed by atoms with Gasteiger partial charge in [-0.3, -0.25) is 4.79 Å². The van der Waals surface area contributed by atoms with Crippen LogP contribution in [0.15, 0.2) is 42.5 Å². The molecule has 104 valence electrons. The molecule has 4 N–H and O–H groups in total. The Morgan fingerprint density at radius 3 is 2.50 bits per heavy atom. The number of hydrogen-bond donors (Lipinski definition) is 3. The van der Waals surface area contributed by atoms with Crippen LogP contribution in [-0.2, 0) is 6.54 Å². The van der Waals surface area contributed by atoms with E-state index in [0.29, 0.717) is 17.8 Å². The lowest BCUT2D eigenvalue weighted by atomic mass is 10.1. The van der Waals surface area contributed by atoms with Gasteiger partial charge in [0, 0.05) is 25.0 Å². The highest BCUT2D eigenvalue weighted by Gasteiger charge is 2.09. The lowest BCUT2D eigenvalue weighted by Gasteiger charge is -2.12. The van der Waals surface area contributed by atoms with Crippen molar-refractivity contribution in [3.05, 3.63) is 59.2 Å². The zero-order valence-electron chi connectivity index (χ0n) is 11.7. The number of benzene rings is 2. The molecule has 0 atom stereocenters. The molecule has 0 spiro atoms. The van der Waals surface area contributed by atoms with Gasteiger partial charge in [-0.15, -0.1) is 0 Å². The fourth-order valence-electron chi connectivity index (χ4n) is 1.94. The minimum absolute atomic E-state index is 0.128. The summed E-state index contributed by atoms with van der Waals surface area (Å²) in [5.41, 5.74) is 10.1. The van der Waals surface area contributed by atoms with Crippen LogP contribution in [0.2, 0.25) is 0 Å². The second-order valence-corrected chi connectivity index (χ2v) is 4.72. The van der Waals surface area contributed by atoms with Gasteiger partial charge in [-0.1, -0.05) is 29.8 Å². The molecule has 0 aromatic heterocycles. The van der Waals surface area contributed by atoms with Crippen molar-refractivity contribution >= 4 is 17.3 Å². The number of carbonyl (C=O) groups is 1. The summed E-state index contributed by atoms with van der Waals surface area (Å²) in [4.78, 5) is 11.8. The van der Waals surface area contributed by atoms with E-state index in [2.05, 4.69) is 41.8 Å². The first-order valence-electron chi connectivity index (χ1n) is 6.51.